The Labute approximate surface area is 101 Å². The Bertz CT molecular complexity index is 324. The fraction of sp³-hybridized carbons (Fsp3) is 0.833. The van der Waals surface area contributed by atoms with E-state index in [1.165, 1.54) is 5.10 Å². The molecule has 0 heterocycles. The summed E-state index contributed by atoms with van der Waals surface area (Å²) in [5.41, 5.74) is -3.96. The van der Waals surface area contributed by atoms with Gasteiger partial charge in [0.15, 0.2) is 0 Å². The molecule has 0 radical (unpaired) electrons. The summed E-state index contributed by atoms with van der Waals surface area (Å²) >= 11 is 0. The summed E-state index contributed by atoms with van der Waals surface area (Å²) in [6, 6.07) is -4.67. The molecular formula is C6H2F12N2. The van der Waals surface area contributed by atoms with Crippen LogP contribution in [0.5, 0.6) is 0 Å². The molecular weight excluding hydrogens is 328 g/mol. The van der Waals surface area contributed by atoms with Crippen molar-refractivity contribution >= 4 is 5.71 Å². The molecule has 0 fully saturated rings. The second kappa shape index (κ2) is 5.20. The minimum absolute atomic E-state index is 0.189. The van der Waals surface area contributed by atoms with Crippen LogP contribution in [0.15, 0.2) is 5.10 Å². The molecule has 0 aliphatic rings. The second-order valence-corrected chi connectivity index (χ2v) is 3.10. The van der Waals surface area contributed by atoms with Gasteiger partial charge in [-0.2, -0.15) is 57.8 Å². The van der Waals surface area contributed by atoms with E-state index in [4.69, 9.17) is 0 Å². The highest BCUT2D eigenvalue weighted by Crippen LogP contribution is 2.34. The van der Waals surface area contributed by atoms with E-state index in [1.807, 2.05) is 0 Å². The van der Waals surface area contributed by atoms with Crippen molar-refractivity contribution in [2.45, 2.75) is 30.7 Å². The smallest absolute Gasteiger partial charge is 0.289 e. The van der Waals surface area contributed by atoms with E-state index in [-0.39, 0.29) is 5.43 Å². The normalized spacial score (nSPS) is 14.4. The first-order chi connectivity index (χ1) is 8.47. The predicted octanol–water partition coefficient (Wildman–Crippen LogP) is 3.55. The monoisotopic (exact) mass is 330 g/mol. The van der Waals surface area contributed by atoms with Gasteiger partial charge in [-0.25, -0.2) is 0 Å². The maximum atomic E-state index is 11.8. The van der Waals surface area contributed by atoms with Crippen molar-refractivity contribution in [3.8, 4) is 0 Å². The molecule has 0 aromatic rings. The third-order valence-electron chi connectivity index (χ3n) is 1.50. The molecule has 0 unspecified atom stereocenters. The molecule has 0 saturated heterocycles. The van der Waals surface area contributed by atoms with Gasteiger partial charge in [0.05, 0.1) is 0 Å². The Kier molecular flexibility index (Phi) is 4.84. The van der Waals surface area contributed by atoms with Crippen LogP contribution >= 0.6 is 0 Å². The highest BCUT2D eigenvalue weighted by Gasteiger charge is 2.59. The molecule has 120 valence electrons. The van der Waals surface area contributed by atoms with Crippen LogP contribution < -0.4 is 5.43 Å². The first-order valence-corrected chi connectivity index (χ1v) is 4.08. The number of hydrazone groups is 1. The average Bonchev–Trinajstić information content (AvgIpc) is 2.02. The molecule has 14 heteroatoms. The lowest BCUT2D eigenvalue weighted by Crippen LogP contribution is -2.52. The van der Waals surface area contributed by atoms with Crippen LogP contribution in [0.3, 0.4) is 0 Å². The lowest BCUT2D eigenvalue weighted by Gasteiger charge is -2.23. The summed E-state index contributed by atoms with van der Waals surface area (Å²) in [5, 5.41) is 1.18. The minimum Gasteiger partial charge on any atom is -0.289 e. The van der Waals surface area contributed by atoms with Crippen molar-refractivity contribution in [1.82, 2.24) is 5.43 Å². The van der Waals surface area contributed by atoms with Gasteiger partial charge < -0.3 is 0 Å². The molecule has 20 heavy (non-hydrogen) atoms. The quantitative estimate of drug-likeness (QED) is 0.467. The molecule has 0 atom stereocenters. The van der Waals surface area contributed by atoms with Crippen LogP contribution in [0.4, 0.5) is 52.7 Å². The molecule has 0 bridgehead atoms. The Morgan fingerprint density at radius 1 is 0.650 bits per heavy atom. The maximum Gasteiger partial charge on any atom is 0.440 e. The molecule has 0 aliphatic carbocycles. The van der Waals surface area contributed by atoms with Crippen molar-refractivity contribution < 1.29 is 52.7 Å². The zero-order chi connectivity index (χ0) is 16.6. The summed E-state index contributed by atoms with van der Waals surface area (Å²) in [7, 11) is 0. The first-order valence-electron chi connectivity index (χ1n) is 4.08. The molecule has 0 aromatic carbocycles. The zero-order valence-electron chi connectivity index (χ0n) is 8.56. The first kappa shape index (κ1) is 18.6. The van der Waals surface area contributed by atoms with E-state index < -0.39 is 36.5 Å². The Morgan fingerprint density at radius 3 is 1.15 bits per heavy atom. The van der Waals surface area contributed by atoms with E-state index in [2.05, 4.69) is 0 Å². The molecule has 0 saturated carbocycles. The van der Waals surface area contributed by atoms with Gasteiger partial charge in [-0.1, -0.05) is 0 Å². The average molecular weight is 330 g/mol. The van der Waals surface area contributed by atoms with E-state index in [0.29, 0.717) is 0 Å². The summed E-state index contributed by atoms with van der Waals surface area (Å²) in [6.07, 6.45) is -25.0. The maximum absolute atomic E-state index is 11.8. The largest absolute Gasteiger partial charge is 0.440 e. The van der Waals surface area contributed by atoms with Crippen LogP contribution in [0.25, 0.3) is 0 Å². The third-order valence-corrected chi connectivity index (χ3v) is 1.50. The van der Waals surface area contributed by atoms with Gasteiger partial charge in [0.2, 0.25) is 11.8 Å². The summed E-state index contributed by atoms with van der Waals surface area (Å²) in [4.78, 5) is 0. The SMILES string of the molecule is FC(F)(F)C(=NNC(C(F)(F)F)C(F)(F)F)C(F)(F)F. The molecule has 0 rings (SSSR count). The van der Waals surface area contributed by atoms with Gasteiger partial charge >= 0.3 is 24.7 Å². The molecule has 0 aromatic heterocycles. The van der Waals surface area contributed by atoms with Crippen LogP contribution in [0.1, 0.15) is 0 Å². The van der Waals surface area contributed by atoms with E-state index >= 15 is 0 Å². The van der Waals surface area contributed by atoms with E-state index in [0.717, 1.165) is 0 Å². The Hall–Kier alpha value is -1.37. The summed E-state index contributed by atoms with van der Waals surface area (Å²) in [5.74, 6) is 0. The molecule has 2 nitrogen and oxygen atoms in total. The Balaban J connectivity index is 5.50. The Morgan fingerprint density at radius 2 is 0.950 bits per heavy atom. The van der Waals surface area contributed by atoms with Gasteiger partial charge in [0.1, 0.15) is 0 Å². The molecule has 0 aliphatic heterocycles. The van der Waals surface area contributed by atoms with Crippen molar-refractivity contribution in [3.63, 3.8) is 0 Å². The van der Waals surface area contributed by atoms with Crippen molar-refractivity contribution in [2.75, 3.05) is 0 Å². The van der Waals surface area contributed by atoms with E-state index in [1.54, 1.807) is 0 Å². The number of hydrogen-bond acceptors (Lipinski definition) is 2. The van der Waals surface area contributed by atoms with Crippen molar-refractivity contribution in [2.24, 2.45) is 5.10 Å². The molecule has 0 spiro atoms. The number of nitrogens with one attached hydrogen (secondary N) is 1. The van der Waals surface area contributed by atoms with Gasteiger partial charge in [-0.3, -0.25) is 5.43 Å². The third kappa shape index (κ3) is 5.32. The lowest BCUT2D eigenvalue weighted by atomic mass is 10.3. The number of nitrogens with zero attached hydrogens (tertiary/aromatic N) is 1. The second-order valence-electron chi connectivity index (χ2n) is 3.10. The number of alkyl halides is 12. The number of hydrogen-bond donors (Lipinski definition) is 1. The van der Waals surface area contributed by atoms with E-state index in [9.17, 15) is 52.7 Å². The van der Waals surface area contributed by atoms with Gasteiger partial charge in [0.25, 0.3) is 0 Å². The van der Waals surface area contributed by atoms with Crippen molar-refractivity contribution in [3.05, 3.63) is 0 Å². The zero-order valence-corrected chi connectivity index (χ0v) is 8.56. The summed E-state index contributed by atoms with van der Waals surface area (Å²) < 4.78 is 142. The van der Waals surface area contributed by atoms with Gasteiger partial charge in [0, 0.05) is 0 Å². The van der Waals surface area contributed by atoms with Crippen LogP contribution in [-0.4, -0.2) is 36.5 Å². The fourth-order valence-corrected chi connectivity index (χ4v) is 0.749. The van der Waals surface area contributed by atoms with Gasteiger partial charge in [-0.15, -0.1) is 0 Å². The number of halogens is 12. The predicted molar refractivity (Wildman–Crippen MR) is 38.6 cm³/mol. The highest BCUT2D eigenvalue weighted by molar-refractivity contribution is 5.94. The lowest BCUT2D eigenvalue weighted by molar-refractivity contribution is -0.258. The molecule has 0 amide bonds. The van der Waals surface area contributed by atoms with Gasteiger partial charge in [-0.05, 0) is 0 Å². The minimum atomic E-state index is -6.28. The number of rotatable bonds is 2. The standard InChI is InChI=1S/C6H2F12N2/c7-3(8,9)1(4(10,11)12)19-20-2(5(13,14)15)6(16,17)18/h1,19H. The van der Waals surface area contributed by atoms with Crippen molar-refractivity contribution in [1.29, 1.82) is 0 Å². The van der Waals surface area contributed by atoms with Crippen LogP contribution in [-0.2, 0) is 0 Å². The summed E-state index contributed by atoms with van der Waals surface area (Å²) in [6.45, 7) is 0. The van der Waals surface area contributed by atoms with Crippen LogP contribution in [0.2, 0.25) is 0 Å². The van der Waals surface area contributed by atoms with Crippen LogP contribution in [0, 0.1) is 0 Å². The molecule has 1 N–H and O–H groups in total. The highest BCUT2D eigenvalue weighted by atomic mass is 19.4. The fourth-order valence-electron chi connectivity index (χ4n) is 0.749. The topological polar surface area (TPSA) is 24.4 Å².